The summed E-state index contributed by atoms with van der Waals surface area (Å²) in [6.45, 7) is 2.17. The Kier molecular flexibility index (Phi) is 4.56. The summed E-state index contributed by atoms with van der Waals surface area (Å²) in [5.41, 5.74) is 3.02. The molecule has 3 heterocycles. The van der Waals surface area contributed by atoms with E-state index >= 15 is 0 Å². The number of para-hydroxylation sites is 1. The fraction of sp³-hybridized carbons (Fsp3) is 0.227. The van der Waals surface area contributed by atoms with Crippen molar-refractivity contribution in [1.29, 1.82) is 0 Å². The monoisotopic (exact) mass is 406 g/mol. The molecule has 0 saturated carbocycles. The molecule has 7 heteroatoms. The molecule has 1 aliphatic rings. The number of rotatable bonds is 4. The Bertz CT molecular complexity index is 1200. The number of hydrogen-bond acceptors (Lipinski definition) is 5. The van der Waals surface area contributed by atoms with E-state index in [0.29, 0.717) is 28.5 Å². The van der Waals surface area contributed by atoms with Gasteiger partial charge in [-0.2, -0.15) is 0 Å². The molecule has 29 heavy (non-hydrogen) atoms. The summed E-state index contributed by atoms with van der Waals surface area (Å²) >= 11 is 5.92. The first-order chi connectivity index (χ1) is 14.2. The maximum Gasteiger partial charge on any atom is 0.289 e. The minimum Gasteiger partial charge on any atom is -0.450 e. The van der Waals surface area contributed by atoms with Crippen molar-refractivity contribution in [2.24, 2.45) is 0 Å². The van der Waals surface area contributed by atoms with E-state index in [1.165, 1.54) is 0 Å². The molecule has 2 aromatic carbocycles. The summed E-state index contributed by atoms with van der Waals surface area (Å²) in [6.07, 6.45) is 2.20. The topological polar surface area (TPSA) is 71.3 Å². The number of nitrogens with one attached hydrogen (secondary N) is 1. The van der Waals surface area contributed by atoms with Crippen LogP contribution in [0.25, 0.3) is 22.1 Å². The molecular formula is C22H19ClN4O2. The highest BCUT2D eigenvalue weighted by Gasteiger charge is 2.24. The van der Waals surface area contributed by atoms with E-state index in [1.54, 1.807) is 12.1 Å². The third-order valence-electron chi connectivity index (χ3n) is 5.18. The SMILES string of the molecule is O=C(NCc1ccc(Cl)cc1)c1nc(N2CCCC2)c2oc3ccccc3c2n1. The number of furan rings is 1. The van der Waals surface area contributed by atoms with Gasteiger partial charge in [0.05, 0.1) is 0 Å². The Morgan fingerprint density at radius 3 is 2.62 bits per heavy atom. The van der Waals surface area contributed by atoms with Gasteiger partial charge in [0.15, 0.2) is 11.4 Å². The van der Waals surface area contributed by atoms with Crippen molar-refractivity contribution in [2.45, 2.75) is 19.4 Å². The van der Waals surface area contributed by atoms with E-state index < -0.39 is 0 Å². The number of nitrogens with zero attached hydrogens (tertiary/aromatic N) is 3. The van der Waals surface area contributed by atoms with E-state index in [9.17, 15) is 4.79 Å². The van der Waals surface area contributed by atoms with Crippen molar-refractivity contribution in [2.75, 3.05) is 18.0 Å². The summed E-state index contributed by atoms with van der Waals surface area (Å²) in [7, 11) is 0. The number of hydrogen-bond donors (Lipinski definition) is 1. The number of benzene rings is 2. The van der Waals surface area contributed by atoms with Crippen molar-refractivity contribution in [3.63, 3.8) is 0 Å². The lowest BCUT2D eigenvalue weighted by molar-refractivity contribution is 0.0941. The van der Waals surface area contributed by atoms with E-state index in [4.69, 9.17) is 16.0 Å². The second-order valence-electron chi connectivity index (χ2n) is 7.15. The van der Waals surface area contributed by atoms with Crippen LogP contribution in [0.5, 0.6) is 0 Å². The van der Waals surface area contributed by atoms with Crippen LogP contribution in [-0.4, -0.2) is 29.0 Å². The van der Waals surface area contributed by atoms with Crippen LogP contribution >= 0.6 is 11.6 Å². The summed E-state index contributed by atoms with van der Waals surface area (Å²) < 4.78 is 6.06. The van der Waals surface area contributed by atoms with Crippen LogP contribution in [0.3, 0.4) is 0 Å². The first-order valence-electron chi connectivity index (χ1n) is 9.66. The molecule has 0 bridgehead atoms. The molecule has 4 aromatic rings. The first kappa shape index (κ1) is 17.9. The second-order valence-corrected chi connectivity index (χ2v) is 7.59. The number of carbonyl (C=O) groups excluding carboxylic acids is 1. The van der Waals surface area contributed by atoms with Crippen LogP contribution in [-0.2, 0) is 6.54 Å². The van der Waals surface area contributed by atoms with E-state index in [-0.39, 0.29) is 11.7 Å². The van der Waals surface area contributed by atoms with Crippen LogP contribution in [0, 0.1) is 0 Å². The Hall–Kier alpha value is -3.12. The smallest absolute Gasteiger partial charge is 0.289 e. The Morgan fingerprint density at radius 1 is 1.07 bits per heavy atom. The Labute approximate surface area is 172 Å². The molecule has 0 radical (unpaired) electrons. The highest BCUT2D eigenvalue weighted by atomic mass is 35.5. The number of amides is 1. The van der Waals surface area contributed by atoms with Gasteiger partial charge in [0.1, 0.15) is 11.1 Å². The van der Waals surface area contributed by atoms with Crippen molar-refractivity contribution < 1.29 is 9.21 Å². The number of anilines is 1. The molecule has 1 aliphatic heterocycles. The molecule has 2 aromatic heterocycles. The van der Waals surface area contributed by atoms with Gasteiger partial charge in [0.25, 0.3) is 5.91 Å². The molecule has 5 rings (SSSR count). The zero-order valence-corrected chi connectivity index (χ0v) is 16.4. The number of halogens is 1. The Morgan fingerprint density at radius 2 is 1.83 bits per heavy atom. The van der Waals surface area contributed by atoms with Gasteiger partial charge in [-0.05, 0) is 42.7 Å². The standard InChI is InChI=1S/C22H19ClN4O2/c23-15-9-7-14(8-10-15)13-24-22(28)20-25-18-16-5-1-2-6-17(16)29-19(18)21(26-20)27-11-3-4-12-27/h1-2,5-10H,3-4,11-13H2,(H,24,28). The molecular weight excluding hydrogens is 388 g/mol. The zero-order valence-electron chi connectivity index (χ0n) is 15.7. The number of fused-ring (bicyclic) bond motifs is 3. The molecule has 6 nitrogen and oxygen atoms in total. The van der Waals surface area contributed by atoms with Crippen LogP contribution in [0.1, 0.15) is 29.0 Å². The fourth-order valence-electron chi connectivity index (χ4n) is 3.68. The lowest BCUT2D eigenvalue weighted by Crippen LogP contribution is -2.27. The van der Waals surface area contributed by atoms with Crippen LogP contribution < -0.4 is 10.2 Å². The third-order valence-corrected chi connectivity index (χ3v) is 5.43. The van der Waals surface area contributed by atoms with Crippen molar-refractivity contribution >= 4 is 45.4 Å². The van der Waals surface area contributed by atoms with Gasteiger partial charge in [-0.25, -0.2) is 9.97 Å². The van der Waals surface area contributed by atoms with Crippen LogP contribution in [0.15, 0.2) is 52.9 Å². The second kappa shape index (κ2) is 7.37. The summed E-state index contributed by atoms with van der Waals surface area (Å²) in [4.78, 5) is 24.2. The van der Waals surface area contributed by atoms with Gasteiger partial charge in [0, 0.05) is 30.0 Å². The van der Waals surface area contributed by atoms with E-state index in [2.05, 4.69) is 20.2 Å². The average Bonchev–Trinajstić information content (AvgIpc) is 3.40. The fourth-order valence-corrected chi connectivity index (χ4v) is 3.81. The minimum atomic E-state index is -0.312. The van der Waals surface area contributed by atoms with Crippen molar-refractivity contribution in [1.82, 2.24) is 15.3 Å². The maximum absolute atomic E-state index is 12.8. The Balaban J connectivity index is 1.53. The predicted octanol–water partition coefficient (Wildman–Crippen LogP) is 4.56. The zero-order chi connectivity index (χ0) is 19.8. The summed E-state index contributed by atoms with van der Waals surface area (Å²) in [5, 5.41) is 4.45. The molecule has 0 unspecified atom stereocenters. The summed E-state index contributed by atoms with van der Waals surface area (Å²) in [5.74, 6) is 0.535. The normalized spacial score (nSPS) is 14.0. The molecule has 1 N–H and O–H groups in total. The number of carbonyl (C=O) groups is 1. The molecule has 1 amide bonds. The third kappa shape index (κ3) is 3.40. The predicted molar refractivity (Wildman–Crippen MR) is 113 cm³/mol. The van der Waals surface area contributed by atoms with Gasteiger partial charge in [0.2, 0.25) is 5.82 Å². The van der Waals surface area contributed by atoms with E-state index in [0.717, 1.165) is 42.5 Å². The van der Waals surface area contributed by atoms with Crippen molar-refractivity contribution in [3.05, 3.63) is 64.9 Å². The lowest BCUT2D eigenvalue weighted by atomic mass is 10.2. The lowest BCUT2D eigenvalue weighted by Gasteiger charge is -2.17. The molecule has 1 saturated heterocycles. The minimum absolute atomic E-state index is 0.153. The maximum atomic E-state index is 12.8. The highest BCUT2D eigenvalue weighted by Crippen LogP contribution is 2.34. The van der Waals surface area contributed by atoms with Gasteiger partial charge in [-0.1, -0.05) is 35.9 Å². The van der Waals surface area contributed by atoms with Crippen LogP contribution in [0.4, 0.5) is 5.82 Å². The molecule has 1 fully saturated rings. The van der Waals surface area contributed by atoms with Gasteiger partial charge in [-0.3, -0.25) is 4.79 Å². The average molecular weight is 407 g/mol. The summed E-state index contributed by atoms with van der Waals surface area (Å²) in [6, 6.07) is 15.1. The molecule has 146 valence electrons. The van der Waals surface area contributed by atoms with E-state index in [1.807, 2.05) is 36.4 Å². The first-order valence-corrected chi connectivity index (χ1v) is 10.0. The van der Waals surface area contributed by atoms with Crippen molar-refractivity contribution in [3.8, 4) is 0 Å². The quantitative estimate of drug-likeness (QED) is 0.538. The largest absolute Gasteiger partial charge is 0.450 e. The molecule has 0 aliphatic carbocycles. The van der Waals surface area contributed by atoms with Crippen LogP contribution in [0.2, 0.25) is 5.02 Å². The van der Waals surface area contributed by atoms with Gasteiger partial charge < -0.3 is 14.6 Å². The number of aromatic nitrogens is 2. The molecule has 0 spiro atoms. The highest BCUT2D eigenvalue weighted by molar-refractivity contribution is 6.30. The molecule has 0 atom stereocenters. The van der Waals surface area contributed by atoms with Gasteiger partial charge >= 0.3 is 0 Å². The van der Waals surface area contributed by atoms with Gasteiger partial charge in [-0.15, -0.1) is 0 Å².